The van der Waals surface area contributed by atoms with Crippen molar-refractivity contribution >= 4 is 5.91 Å². The Kier molecular flexibility index (Phi) is 5.05. The minimum absolute atomic E-state index is 0.108. The van der Waals surface area contributed by atoms with Crippen LogP contribution in [0.2, 0.25) is 0 Å². The van der Waals surface area contributed by atoms with Gasteiger partial charge in [-0.05, 0) is 30.9 Å². The highest BCUT2D eigenvalue weighted by Crippen LogP contribution is 2.23. The molecule has 1 aromatic carbocycles. The van der Waals surface area contributed by atoms with Crippen molar-refractivity contribution in [1.82, 2.24) is 25.0 Å². The van der Waals surface area contributed by atoms with Gasteiger partial charge >= 0.3 is 0 Å². The second-order valence-electron chi connectivity index (χ2n) is 6.69. The van der Waals surface area contributed by atoms with E-state index < -0.39 is 17.5 Å². The van der Waals surface area contributed by atoms with Crippen molar-refractivity contribution in [3.8, 4) is 11.5 Å². The van der Waals surface area contributed by atoms with Crippen molar-refractivity contribution in [3.05, 3.63) is 59.9 Å². The highest BCUT2D eigenvalue weighted by Gasteiger charge is 2.27. The predicted octanol–water partition coefficient (Wildman–Crippen LogP) is 2.90. The zero-order chi connectivity index (χ0) is 19.5. The Labute approximate surface area is 159 Å². The van der Waals surface area contributed by atoms with E-state index in [4.69, 9.17) is 4.52 Å². The number of hydrogen-bond donors (Lipinski definition) is 0. The highest BCUT2D eigenvalue weighted by molar-refractivity contribution is 5.94. The second kappa shape index (κ2) is 7.79. The molecule has 1 aliphatic rings. The molecule has 0 spiro atoms. The van der Waals surface area contributed by atoms with E-state index in [9.17, 15) is 13.6 Å². The van der Waals surface area contributed by atoms with Crippen LogP contribution in [0.3, 0.4) is 0 Å². The van der Waals surface area contributed by atoms with Gasteiger partial charge in [-0.25, -0.2) is 13.8 Å². The van der Waals surface area contributed by atoms with Crippen LogP contribution < -0.4 is 0 Å². The molecule has 2 aromatic heterocycles. The van der Waals surface area contributed by atoms with Gasteiger partial charge < -0.3 is 9.42 Å². The lowest BCUT2D eigenvalue weighted by Crippen LogP contribution is -2.40. The maximum absolute atomic E-state index is 13.9. The third kappa shape index (κ3) is 3.88. The van der Waals surface area contributed by atoms with Gasteiger partial charge in [-0.1, -0.05) is 5.16 Å². The Bertz CT molecular complexity index is 979. The number of aromatic nitrogens is 4. The lowest BCUT2D eigenvalue weighted by atomic mass is 9.94. The Morgan fingerprint density at radius 3 is 2.96 bits per heavy atom. The van der Waals surface area contributed by atoms with Gasteiger partial charge in [-0.15, -0.1) is 0 Å². The summed E-state index contributed by atoms with van der Waals surface area (Å²) in [6.45, 7) is 0.972. The summed E-state index contributed by atoms with van der Waals surface area (Å²) in [6, 6.07) is 2.99. The van der Waals surface area contributed by atoms with Crippen LogP contribution in [0.15, 0.2) is 41.3 Å². The summed E-state index contributed by atoms with van der Waals surface area (Å²) in [6.07, 6.45) is 6.82. The molecule has 1 fully saturated rings. The average molecular weight is 385 g/mol. The quantitative estimate of drug-likeness (QED) is 0.687. The van der Waals surface area contributed by atoms with E-state index in [1.54, 1.807) is 23.5 Å². The zero-order valence-electron chi connectivity index (χ0n) is 14.9. The monoisotopic (exact) mass is 385 g/mol. The summed E-state index contributed by atoms with van der Waals surface area (Å²) in [5, 5.41) is 3.92. The minimum atomic E-state index is -0.849. The number of halogens is 2. The number of carbonyl (C=O) groups excluding carboxylic acids is 1. The number of amides is 1. The van der Waals surface area contributed by atoms with E-state index in [1.807, 2.05) is 0 Å². The second-order valence-corrected chi connectivity index (χ2v) is 6.69. The number of nitrogens with zero attached hydrogens (tertiary/aromatic N) is 5. The van der Waals surface area contributed by atoms with E-state index in [1.165, 1.54) is 6.07 Å². The van der Waals surface area contributed by atoms with Crippen LogP contribution >= 0.6 is 0 Å². The van der Waals surface area contributed by atoms with Crippen LogP contribution in [0.25, 0.3) is 11.5 Å². The molecule has 1 amide bonds. The molecule has 4 rings (SSSR count). The summed E-state index contributed by atoms with van der Waals surface area (Å²) in [4.78, 5) is 26.6. The molecule has 0 bridgehead atoms. The lowest BCUT2D eigenvalue weighted by Gasteiger charge is -2.32. The largest absolute Gasteiger partial charge is 0.339 e. The zero-order valence-corrected chi connectivity index (χ0v) is 14.9. The summed E-state index contributed by atoms with van der Waals surface area (Å²) in [7, 11) is 0. The Balaban J connectivity index is 1.43. The standard InChI is InChI=1S/C19H17F2N5O2/c20-13-3-4-14(15(21)9-13)19(27)26-7-1-2-12(11-26)8-17-24-18(25-28-17)16-10-22-5-6-23-16/h3-6,9-10,12H,1-2,7-8,11H2. The number of likely N-dealkylation sites (tertiary alicyclic amines) is 1. The molecule has 0 radical (unpaired) electrons. The maximum atomic E-state index is 13.9. The van der Waals surface area contributed by atoms with Crippen molar-refractivity contribution in [3.63, 3.8) is 0 Å². The number of hydrogen-bond acceptors (Lipinski definition) is 6. The average Bonchev–Trinajstić information content (AvgIpc) is 3.17. The van der Waals surface area contributed by atoms with Gasteiger partial charge in [0.15, 0.2) is 0 Å². The molecule has 3 heterocycles. The Hall–Kier alpha value is -3.23. The van der Waals surface area contributed by atoms with Crippen molar-refractivity contribution < 1.29 is 18.1 Å². The van der Waals surface area contributed by atoms with Gasteiger partial charge in [0.2, 0.25) is 11.7 Å². The molecule has 28 heavy (non-hydrogen) atoms. The molecule has 7 nitrogen and oxygen atoms in total. The SMILES string of the molecule is O=C(c1ccc(F)cc1F)N1CCCC(Cc2nc(-c3cnccn3)no2)C1. The van der Waals surface area contributed by atoms with E-state index in [2.05, 4.69) is 20.1 Å². The fraction of sp³-hybridized carbons (Fsp3) is 0.316. The van der Waals surface area contributed by atoms with Gasteiger partial charge in [-0.2, -0.15) is 4.98 Å². The van der Waals surface area contributed by atoms with Crippen LogP contribution in [-0.2, 0) is 6.42 Å². The molecular formula is C19H17F2N5O2. The van der Waals surface area contributed by atoms with Gasteiger partial charge in [0.05, 0.1) is 11.8 Å². The van der Waals surface area contributed by atoms with Crippen LogP contribution in [0, 0.1) is 17.6 Å². The van der Waals surface area contributed by atoms with Gasteiger partial charge in [-0.3, -0.25) is 9.78 Å². The Morgan fingerprint density at radius 1 is 1.29 bits per heavy atom. The smallest absolute Gasteiger partial charge is 0.256 e. The summed E-state index contributed by atoms with van der Waals surface area (Å²) < 4.78 is 32.3. The summed E-state index contributed by atoms with van der Waals surface area (Å²) >= 11 is 0. The van der Waals surface area contributed by atoms with Crippen molar-refractivity contribution in [2.24, 2.45) is 5.92 Å². The summed E-state index contributed by atoms with van der Waals surface area (Å²) in [5.74, 6) is -1.07. The maximum Gasteiger partial charge on any atom is 0.256 e. The molecule has 0 N–H and O–H groups in total. The van der Waals surface area contributed by atoms with Crippen LogP contribution in [-0.4, -0.2) is 44.0 Å². The molecule has 144 valence electrons. The third-order valence-corrected chi connectivity index (χ3v) is 4.69. The van der Waals surface area contributed by atoms with Crippen molar-refractivity contribution in [2.75, 3.05) is 13.1 Å². The molecule has 1 saturated heterocycles. The summed E-state index contributed by atoms with van der Waals surface area (Å²) in [5.41, 5.74) is 0.398. The molecule has 0 saturated carbocycles. The molecule has 1 unspecified atom stereocenters. The molecular weight excluding hydrogens is 368 g/mol. The first-order valence-electron chi connectivity index (χ1n) is 8.93. The molecule has 1 aliphatic heterocycles. The predicted molar refractivity (Wildman–Crippen MR) is 94.0 cm³/mol. The topological polar surface area (TPSA) is 85.0 Å². The Morgan fingerprint density at radius 2 is 2.18 bits per heavy atom. The molecule has 9 heteroatoms. The van der Waals surface area contributed by atoms with Gasteiger partial charge in [0, 0.05) is 38.0 Å². The molecule has 3 aromatic rings. The van der Waals surface area contributed by atoms with E-state index >= 15 is 0 Å². The van der Waals surface area contributed by atoms with Crippen molar-refractivity contribution in [2.45, 2.75) is 19.3 Å². The van der Waals surface area contributed by atoms with Crippen LogP contribution in [0.4, 0.5) is 8.78 Å². The van der Waals surface area contributed by atoms with E-state index in [-0.39, 0.29) is 11.5 Å². The fourth-order valence-electron chi connectivity index (χ4n) is 3.35. The van der Waals surface area contributed by atoms with Crippen LogP contribution in [0.1, 0.15) is 29.1 Å². The number of carbonyl (C=O) groups is 1. The van der Waals surface area contributed by atoms with E-state index in [0.29, 0.717) is 36.9 Å². The minimum Gasteiger partial charge on any atom is -0.339 e. The first-order chi connectivity index (χ1) is 13.6. The lowest BCUT2D eigenvalue weighted by molar-refractivity contribution is 0.0663. The first-order valence-corrected chi connectivity index (χ1v) is 8.93. The first kappa shape index (κ1) is 18.1. The molecule has 1 atom stereocenters. The number of benzene rings is 1. The van der Waals surface area contributed by atoms with Gasteiger partial charge in [0.25, 0.3) is 5.91 Å². The number of piperidine rings is 1. The fourth-order valence-corrected chi connectivity index (χ4v) is 3.35. The van der Waals surface area contributed by atoms with Crippen molar-refractivity contribution in [1.29, 1.82) is 0 Å². The third-order valence-electron chi connectivity index (χ3n) is 4.69. The normalized spacial score (nSPS) is 16.9. The number of rotatable bonds is 4. The molecule has 0 aliphatic carbocycles. The van der Waals surface area contributed by atoms with Crippen LogP contribution in [0.5, 0.6) is 0 Å². The highest BCUT2D eigenvalue weighted by atomic mass is 19.1. The van der Waals surface area contributed by atoms with Gasteiger partial charge in [0.1, 0.15) is 17.3 Å². The van der Waals surface area contributed by atoms with E-state index in [0.717, 1.165) is 25.0 Å².